The number of phosphoric acid groups is 1. The second-order valence-electron chi connectivity index (χ2n) is 4.99. The van der Waals surface area contributed by atoms with Crippen molar-refractivity contribution in [3.05, 3.63) is 24.3 Å². The van der Waals surface area contributed by atoms with E-state index in [4.69, 9.17) is 25.0 Å². The zero-order valence-electron chi connectivity index (χ0n) is 11.8. The van der Waals surface area contributed by atoms with Crippen LogP contribution >= 0.6 is 7.82 Å². The monoisotopic (exact) mass is 351 g/mol. The van der Waals surface area contributed by atoms with E-state index in [-0.39, 0.29) is 5.75 Å². The molecular weight excluding hydrogens is 333 g/mol. The van der Waals surface area contributed by atoms with Crippen molar-refractivity contribution in [2.75, 3.05) is 12.3 Å². The van der Waals surface area contributed by atoms with Gasteiger partial charge in [-0.3, -0.25) is 4.52 Å². The first-order valence-electron chi connectivity index (χ1n) is 6.59. The molecule has 0 unspecified atom stereocenters. The summed E-state index contributed by atoms with van der Waals surface area (Å²) in [6.45, 7) is -0.698. The van der Waals surface area contributed by atoms with Crippen molar-refractivity contribution in [1.29, 1.82) is 0 Å². The van der Waals surface area contributed by atoms with Crippen LogP contribution in [0, 0.1) is 0 Å². The van der Waals surface area contributed by atoms with E-state index in [1.807, 2.05) is 0 Å². The van der Waals surface area contributed by atoms with Gasteiger partial charge in [0.25, 0.3) is 0 Å². The third kappa shape index (κ3) is 4.87. The highest BCUT2D eigenvalue weighted by molar-refractivity contribution is 7.46. The van der Waals surface area contributed by atoms with Gasteiger partial charge in [0, 0.05) is 5.69 Å². The number of aliphatic hydroxyl groups is 3. The Morgan fingerprint density at radius 2 is 1.70 bits per heavy atom. The normalized spacial score (nSPS) is 31.8. The highest BCUT2D eigenvalue weighted by Gasteiger charge is 2.45. The van der Waals surface area contributed by atoms with Gasteiger partial charge < -0.3 is 40.3 Å². The van der Waals surface area contributed by atoms with Gasteiger partial charge in [-0.15, -0.1) is 0 Å². The molecule has 0 aliphatic carbocycles. The lowest BCUT2D eigenvalue weighted by Gasteiger charge is -2.40. The first-order chi connectivity index (χ1) is 10.7. The maximum Gasteiger partial charge on any atom is 0.469 e. The molecule has 1 heterocycles. The summed E-state index contributed by atoms with van der Waals surface area (Å²) in [4.78, 5) is 17.4. The SMILES string of the molecule is Nc1ccc(O[C@H]2O[C@H](COP(=O)(O)O)[C@H](O)[C@H](O)[C@H]2O)cc1. The average molecular weight is 351 g/mol. The minimum Gasteiger partial charge on any atom is -0.462 e. The summed E-state index contributed by atoms with van der Waals surface area (Å²) in [6.07, 6.45) is -7.51. The lowest BCUT2D eigenvalue weighted by Crippen LogP contribution is -2.60. The molecule has 23 heavy (non-hydrogen) atoms. The van der Waals surface area contributed by atoms with Crippen LogP contribution in [0.2, 0.25) is 0 Å². The van der Waals surface area contributed by atoms with Crippen LogP contribution in [-0.4, -0.2) is 62.4 Å². The predicted octanol–water partition coefficient (Wildman–Crippen LogP) is -1.44. The molecule has 1 aliphatic rings. The molecule has 7 N–H and O–H groups in total. The zero-order chi connectivity index (χ0) is 17.2. The standard InChI is InChI=1S/C12H18NO9P/c13-6-1-3-7(4-2-6)21-12-11(16)10(15)9(14)8(22-12)5-20-23(17,18)19/h1-4,8-12,14-16H,5,13H2,(H2,17,18,19)/t8-,9+,10+,11-,12+/m1/s1. The third-order valence-corrected chi connectivity index (χ3v) is 3.69. The smallest absolute Gasteiger partial charge is 0.462 e. The molecule has 11 heteroatoms. The predicted molar refractivity (Wildman–Crippen MR) is 76.2 cm³/mol. The van der Waals surface area contributed by atoms with E-state index in [0.29, 0.717) is 5.69 Å². The van der Waals surface area contributed by atoms with Crippen LogP contribution in [0.4, 0.5) is 5.69 Å². The lowest BCUT2D eigenvalue weighted by molar-refractivity contribution is -0.276. The van der Waals surface area contributed by atoms with Crippen LogP contribution in [0.1, 0.15) is 0 Å². The number of phosphoric ester groups is 1. The van der Waals surface area contributed by atoms with Crippen LogP contribution in [0.25, 0.3) is 0 Å². The van der Waals surface area contributed by atoms with E-state index in [0.717, 1.165) is 0 Å². The molecule has 1 saturated heterocycles. The number of nitrogen functional groups attached to an aromatic ring is 1. The van der Waals surface area contributed by atoms with Gasteiger partial charge in [0.15, 0.2) is 0 Å². The van der Waals surface area contributed by atoms with E-state index < -0.39 is 45.1 Å². The maximum atomic E-state index is 10.7. The third-order valence-electron chi connectivity index (χ3n) is 3.21. The molecule has 130 valence electrons. The molecule has 2 rings (SSSR count). The molecule has 5 atom stereocenters. The molecule has 0 radical (unpaired) electrons. The molecule has 0 amide bonds. The fraction of sp³-hybridized carbons (Fsp3) is 0.500. The molecular formula is C12H18NO9P. The Morgan fingerprint density at radius 3 is 2.26 bits per heavy atom. The Bertz CT molecular complexity index is 562. The Hall–Kier alpha value is -1.23. The van der Waals surface area contributed by atoms with Crippen LogP contribution in [0.5, 0.6) is 5.75 Å². The van der Waals surface area contributed by atoms with E-state index in [1.165, 1.54) is 12.1 Å². The number of hydrogen-bond donors (Lipinski definition) is 6. The van der Waals surface area contributed by atoms with Crippen molar-refractivity contribution in [1.82, 2.24) is 0 Å². The topological polar surface area (TPSA) is 172 Å². The number of aliphatic hydroxyl groups excluding tert-OH is 3. The summed E-state index contributed by atoms with van der Waals surface area (Å²) >= 11 is 0. The number of anilines is 1. The van der Waals surface area contributed by atoms with E-state index in [1.54, 1.807) is 12.1 Å². The van der Waals surface area contributed by atoms with Crippen molar-refractivity contribution in [3.8, 4) is 5.75 Å². The van der Waals surface area contributed by atoms with Crippen molar-refractivity contribution < 1.29 is 43.7 Å². The fourth-order valence-electron chi connectivity index (χ4n) is 2.00. The van der Waals surface area contributed by atoms with Crippen molar-refractivity contribution in [3.63, 3.8) is 0 Å². The molecule has 0 spiro atoms. The Morgan fingerprint density at radius 1 is 1.09 bits per heavy atom. The minimum absolute atomic E-state index is 0.279. The molecule has 1 aromatic carbocycles. The number of rotatable bonds is 5. The van der Waals surface area contributed by atoms with Gasteiger partial charge in [0.05, 0.1) is 6.61 Å². The number of hydrogen-bond acceptors (Lipinski definition) is 8. The summed E-state index contributed by atoms with van der Waals surface area (Å²) < 4.78 is 25.5. The molecule has 0 aromatic heterocycles. The number of ether oxygens (including phenoxy) is 2. The highest BCUT2D eigenvalue weighted by Crippen LogP contribution is 2.37. The quantitative estimate of drug-likeness (QED) is 0.273. The Kier molecular flexibility index (Phi) is 5.61. The first-order valence-corrected chi connectivity index (χ1v) is 8.12. The van der Waals surface area contributed by atoms with Gasteiger partial charge >= 0.3 is 7.82 Å². The lowest BCUT2D eigenvalue weighted by atomic mass is 9.99. The number of benzene rings is 1. The van der Waals surface area contributed by atoms with Gasteiger partial charge in [-0.25, -0.2) is 4.57 Å². The van der Waals surface area contributed by atoms with Gasteiger partial charge in [0.1, 0.15) is 30.2 Å². The molecule has 1 aromatic rings. The Balaban J connectivity index is 2.06. The van der Waals surface area contributed by atoms with Crippen LogP contribution < -0.4 is 10.5 Å². The zero-order valence-corrected chi connectivity index (χ0v) is 12.7. The van der Waals surface area contributed by atoms with Gasteiger partial charge in [-0.1, -0.05) is 0 Å². The first kappa shape index (κ1) is 18.1. The van der Waals surface area contributed by atoms with Crippen molar-refractivity contribution >= 4 is 13.5 Å². The largest absolute Gasteiger partial charge is 0.469 e. The van der Waals surface area contributed by atoms with Crippen LogP contribution in [0.15, 0.2) is 24.3 Å². The molecule has 0 bridgehead atoms. The van der Waals surface area contributed by atoms with E-state index in [9.17, 15) is 19.9 Å². The maximum absolute atomic E-state index is 10.7. The summed E-state index contributed by atoms with van der Waals surface area (Å²) in [5.41, 5.74) is 6.02. The summed E-state index contributed by atoms with van der Waals surface area (Å²) in [5, 5.41) is 29.5. The van der Waals surface area contributed by atoms with E-state index >= 15 is 0 Å². The summed E-state index contributed by atoms with van der Waals surface area (Å²) in [7, 11) is -4.78. The second-order valence-corrected chi connectivity index (χ2v) is 6.23. The molecule has 1 aliphatic heterocycles. The minimum atomic E-state index is -4.78. The molecule has 0 saturated carbocycles. The second kappa shape index (κ2) is 7.12. The van der Waals surface area contributed by atoms with Crippen molar-refractivity contribution in [2.24, 2.45) is 0 Å². The average Bonchev–Trinajstić information content (AvgIpc) is 2.48. The van der Waals surface area contributed by atoms with Gasteiger partial charge in [0.2, 0.25) is 6.29 Å². The van der Waals surface area contributed by atoms with Crippen LogP contribution in [-0.2, 0) is 13.8 Å². The van der Waals surface area contributed by atoms with Gasteiger partial charge in [-0.2, -0.15) is 0 Å². The van der Waals surface area contributed by atoms with Crippen molar-refractivity contribution in [2.45, 2.75) is 30.7 Å². The number of nitrogens with two attached hydrogens (primary N) is 1. The van der Waals surface area contributed by atoms with E-state index in [2.05, 4.69) is 4.52 Å². The Labute approximate surface area is 131 Å². The van der Waals surface area contributed by atoms with Crippen LogP contribution in [0.3, 0.4) is 0 Å². The molecule has 1 fully saturated rings. The highest BCUT2D eigenvalue weighted by atomic mass is 31.2. The summed E-state index contributed by atoms with van der Waals surface area (Å²) in [6, 6.07) is 6.10. The molecule has 10 nitrogen and oxygen atoms in total. The summed E-state index contributed by atoms with van der Waals surface area (Å²) in [5.74, 6) is 0.279. The fourth-order valence-corrected chi connectivity index (χ4v) is 2.34. The van der Waals surface area contributed by atoms with Gasteiger partial charge in [-0.05, 0) is 24.3 Å².